The van der Waals surface area contributed by atoms with E-state index in [9.17, 15) is 0 Å². The summed E-state index contributed by atoms with van der Waals surface area (Å²) in [4.78, 5) is 0. The van der Waals surface area contributed by atoms with Crippen LogP contribution in [0.25, 0.3) is 0 Å². The fraction of sp³-hybridized carbons (Fsp3) is 0.273. The second-order valence-corrected chi connectivity index (χ2v) is 3.91. The average molecular weight is 206 g/mol. The van der Waals surface area contributed by atoms with E-state index in [0.717, 1.165) is 29.4 Å². The zero-order valence-corrected chi connectivity index (χ0v) is 8.81. The molecular weight excluding hydrogens is 192 g/mol. The van der Waals surface area contributed by atoms with Gasteiger partial charge in [0.2, 0.25) is 0 Å². The summed E-state index contributed by atoms with van der Waals surface area (Å²) < 4.78 is 0. The lowest BCUT2D eigenvalue weighted by Crippen LogP contribution is -2.04. The average Bonchev–Trinajstić information content (AvgIpc) is 2.21. The van der Waals surface area contributed by atoms with Crippen LogP contribution in [0.1, 0.15) is 0 Å². The summed E-state index contributed by atoms with van der Waals surface area (Å²) in [5.41, 5.74) is 7.45. The summed E-state index contributed by atoms with van der Waals surface area (Å²) in [6.45, 7) is 0.927. The smallest absolute Gasteiger partial charge is 0.0545 e. The summed E-state index contributed by atoms with van der Waals surface area (Å²) in [5.74, 6) is 4.40. The molecule has 0 spiro atoms. The van der Waals surface area contributed by atoms with Crippen molar-refractivity contribution in [2.45, 2.75) is 0 Å². The summed E-state index contributed by atoms with van der Waals surface area (Å²) in [6.07, 6.45) is 5.13. The third kappa shape index (κ3) is 4.11. The van der Waals surface area contributed by atoms with E-state index >= 15 is 0 Å². The first-order chi connectivity index (χ1) is 6.83. The topological polar surface area (TPSA) is 38.0 Å². The van der Waals surface area contributed by atoms with Crippen LogP contribution in [0, 0.1) is 12.3 Å². The highest BCUT2D eigenvalue weighted by Gasteiger charge is 1.90. The summed E-state index contributed by atoms with van der Waals surface area (Å²) in [7, 11) is 0. The van der Waals surface area contributed by atoms with Crippen molar-refractivity contribution in [3.63, 3.8) is 0 Å². The fourth-order valence-electron chi connectivity index (χ4n) is 1.000. The van der Waals surface area contributed by atoms with Crippen molar-refractivity contribution in [3.8, 4) is 12.3 Å². The molecule has 14 heavy (non-hydrogen) atoms. The number of nitrogen functional groups attached to an aromatic ring is 1. The molecule has 74 valence electrons. The maximum atomic E-state index is 5.57. The van der Waals surface area contributed by atoms with Gasteiger partial charge in [0.25, 0.3) is 0 Å². The van der Waals surface area contributed by atoms with Gasteiger partial charge in [0.05, 0.1) is 5.75 Å². The first kappa shape index (κ1) is 10.8. The molecule has 0 aliphatic carbocycles. The zero-order valence-electron chi connectivity index (χ0n) is 7.99. The van der Waals surface area contributed by atoms with Gasteiger partial charge < -0.3 is 11.1 Å². The number of thioether (sulfide) groups is 1. The summed E-state index contributed by atoms with van der Waals surface area (Å²) in [5, 5.41) is 3.29. The van der Waals surface area contributed by atoms with Crippen LogP contribution in [0.3, 0.4) is 0 Å². The van der Waals surface area contributed by atoms with Gasteiger partial charge in [-0.15, -0.1) is 18.2 Å². The first-order valence-electron chi connectivity index (χ1n) is 4.43. The molecule has 0 heterocycles. The van der Waals surface area contributed by atoms with Crippen LogP contribution >= 0.6 is 11.8 Å². The Hall–Kier alpha value is -1.27. The van der Waals surface area contributed by atoms with Gasteiger partial charge in [-0.1, -0.05) is 5.92 Å². The molecule has 0 fully saturated rings. The van der Waals surface area contributed by atoms with Gasteiger partial charge in [0, 0.05) is 23.7 Å². The normalized spacial score (nSPS) is 9.36. The third-order valence-electron chi connectivity index (χ3n) is 1.67. The lowest BCUT2D eigenvalue weighted by molar-refractivity contribution is 1.23. The molecule has 0 radical (unpaired) electrons. The van der Waals surface area contributed by atoms with Gasteiger partial charge in [-0.05, 0) is 24.3 Å². The molecule has 0 aromatic heterocycles. The van der Waals surface area contributed by atoms with Gasteiger partial charge in [-0.3, -0.25) is 0 Å². The van der Waals surface area contributed by atoms with E-state index < -0.39 is 0 Å². The minimum absolute atomic E-state index is 0.781. The summed E-state index contributed by atoms with van der Waals surface area (Å²) in [6, 6.07) is 7.72. The van der Waals surface area contributed by atoms with Gasteiger partial charge in [0.1, 0.15) is 0 Å². The molecule has 2 nitrogen and oxygen atoms in total. The van der Waals surface area contributed by atoms with Crippen LogP contribution in [0.5, 0.6) is 0 Å². The SMILES string of the molecule is C#CCSCCNc1ccc(N)cc1. The molecule has 0 aliphatic rings. The first-order valence-corrected chi connectivity index (χ1v) is 5.59. The van der Waals surface area contributed by atoms with E-state index in [-0.39, 0.29) is 0 Å². The zero-order chi connectivity index (χ0) is 10.2. The number of terminal acetylenes is 1. The molecule has 0 saturated carbocycles. The largest absolute Gasteiger partial charge is 0.399 e. The predicted octanol–water partition coefficient (Wildman–Crippen LogP) is 2.05. The molecule has 1 aromatic carbocycles. The van der Waals surface area contributed by atoms with Crippen molar-refractivity contribution in [2.24, 2.45) is 0 Å². The second kappa shape index (κ2) is 6.22. The van der Waals surface area contributed by atoms with Crippen molar-refractivity contribution in [3.05, 3.63) is 24.3 Å². The Balaban J connectivity index is 2.19. The van der Waals surface area contributed by atoms with Crippen molar-refractivity contribution < 1.29 is 0 Å². The quantitative estimate of drug-likeness (QED) is 0.440. The van der Waals surface area contributed by atoms with E-state index in [1.54, 1.807) is 11.8 Å². The number of hydrogen-bond donors (Lipinski definition) is 2. The molecule has 0 unspecified atom stereocenters. The Morgan fingerprint density at radius 2 is 2.07 bits per heavy atom. The van der Waals surface area contributed by atoms with Crippen molar-refractivity contribution in [1.82, 2.24) is 0 Å². The number of anilines is 2. The highest BCUT2D eigenvalue weighted by atomic mass is 32.2. The van der Waals surface area contributed by atoms with Crippen LogP contribution < -0.4 is 11.1 Å². The third-order valence-corrected chi connectivity index (χ3v) is 2.54. The molecule has 0 aliphatic heterocycles. The fourth-order valence-corrected chi connectivity index (χ4v) is 1.51. The molecule has 1 aromatic rings. The van der Waals surface area contributed by atoms with Gasteiger partial charge in [-0.2, -0.15) is 0 Å². The Bertz CT molecular complexity index is 300. The molecule has 0 atom stereocenters. The Morgan fingerprint density at radius 1 is 1.36 bits per heavy atom. The van der Waals surface area contributed by atoms with Crippen molar-refractivity contribution >= 4 is 23.1 Å². The molecular formula is C11H14N2S. The summed E-state index contributed by atoms with van der Waals surface area (Å²) >= 11 is 1.75. The van der Waals surface area contributed by atoms with Crippen LogP contribution in [0.15, 0.2) is 24.3 Å². The van der Waals surface area contributed by atoms with E-state index in [1.165, 1.54) is 0 Å². The number of hydrogen-bond acceptors (Lipinski definition) is 3. The Morgan fingerprint density at radius 3 is 2.71 bits per heavy atom. The lowest BCUT2D eigenvalue weighted by atomic mass is 10.3. The van der Waals surface area contributed by atoms with Crippen LogP contribution in [0.4, 0.5) is 11.4 Å². The number of nitrogens with two attached hydrogens (primary N) is 1. The molecule has 3 heteroatoms. The highest BCUT2D eigenvalue weighted by Crippen LogP contribution is 2.10. The monoisotopic (exact) mass is 206 g/mol. The molecule has 3 N–H and O–H groups in total. The minimum Gasteiger partial charge on any atom is -0.399 e. The lowest BCUT2D eigenvalue weighted by Gasteiger charge is -2.05. The molecule has 0 bridgehead atoms. The van der Waals surface area contributed by atoms with Crippen LogP contribution in [0.2, 0.25) is 0 Å². The number of nitrogens with one attached hydrogen (secondary N) is 1. The standard InChI is InChI=1S/C11H14N2S/c1-2-8-14-9-7-13-11-5-3-10(12)4-6-11/h1,3-6,13H,7-9,12H2. The maximum Gasteiger partial charge on any atom is 0.0545 e. The van der Waals surface area contributed by atoms with Gasteiger partial charge in [-0.25, -0.2) is 0 Å². The van der Waals surface area contributed by atoms with Crippen LogP contribution in [-0.4, -0.2) is 18.1 Å². The molecule has 0 amide bonds. The van der Waals surface area contributed by atoms with E-state index in [0.29, 0.717) is 0 Å². The van der Waals surface area contributed by atoms with Crippen molar-refractivity contribution in [2.75, 3.05) is 29.1 Å². The van der Waals surface area contributed by atoms with Gasteiger partial charge >= 0.3 is 0 Å². The molecule has 0 saturated heterocycles. The second-order valence-electron chi connectivity index (χ2n) is 2.81. The number of benzene rings is 1. The van der Waals surface area contributed by atoms with Gasteiger partial charge in [0.15, 0.2) is 0 Å². The minimum atomic E-state index is 0.781. The van der Waals surface area contributed by atoms with Crippen molar-refractivity contribution in [1.29, 1.82) is 0 Å². The van der Waals surface area contributed by atoms with E-state index in [1.807, 2.05) is 24.3 Å². The van der Waals surface area contributed by atoms with E-state index in [4.69, 9.17) is 12.2 Å². The Kier molecular flexibility index (Phi) is 4.81. The Labute approximate surface area is 89.3 Å². The molecule has 1 rings (SSSR count). The number of rotatable bonds is 5. The highest BCUT2D eigenvalue weighted by molar-refractivity contribution is 7.99. The van der Waals surface area contributed by atoms with E-state index in [2.05, 4.69) is 11.2 Å². The predicted molar refractivity (Wildman–Crippen MR) is 65.5 cm³/mol. The maximum absolute atomic E-state index is 5.57. The van der Waals surface area contributed by atoms with Crippen LogP contribution in [-0.2, 0) is 0 Å².